The number of nitrogens with one attached hydrogen (secondary N) is 1. The lowest BCUT2D eigenvalue weighted by atomic mass is 9.89. The summed E-state index contributed by atoms with van der Waals surface area (Å²) < 4.78 is 10.4. The molecule has 1 fully saturated rings. The van der Waals surface area contributed by atoms with Crippen molar-refractivity contribution < 1.29 is 14.3 Å². The molecular formula is C12H23NO3. The molecule has 0 spiro atoms. The summed E-state index contributed by atoms with van der Waals surface area (Å²) in [5.74, 6) is 0.389. The highest BCUT2D eigenvalue weighted by Gasteiger charge is 2.35. The predicted octanol–water partition coefficient (Wildman–Crippen LogP) is 0.853. The number of methoxy groups -OCH3 is 1. The van der Waals surface area contributed by atoms with Gasteiger partial charge in [-0.2, -0.15) is 0 Å². The minimum absolute atomic E-state index is 0.0202. The average molecular weight is 229 g/mol. The van der Waals surface area contributed by atoms with E-state index in [0.29, 0.717) is 25.6 Å². The molecule has 0 aromatic carbocycles. The Morgan fingerprint density at radius 1 is 1.56 bits per heavy atom. The lowest BCUT2D eigenvalue weighted by molar-refractivity contribution is -0.127. The van der Waals surface area contributed by atoms with Crippen LogP contribution in [0.2, 0.25) is 0 Å². The van der Waals surface area contributed by atoms with E-state index in [1.54, 1.807) is 7.11 Å². The Kier molecular flexibility index (Phi) is 5.95. The van der Waals surface area contributed by atoms with E-state index in [9.17, 15) is 4.79 Å². The van der Waals surface area contributed by atoms with Gasteiger partial charge in [0.15, 0.2) is 0 Å². The summed E-state index contributed by atoms with van der Waals surface area (Å²) in [4.78, 5) is 12.2. The van der Waals surface area contributed by atoms with Crippen molar-refractivity contribution in [3.8, 4) is 0 Å². The number of hydrogen-bond donors (Lipinski definition) is 1. The zero-order valence-electron chi connectivity index (χ0n) is 10.5. The normalized spacial score (nSPS) is 26.9. The second kappa shape index (κ2) is 6.99. The van der Waals surface area contributed by atoms with Crippen LogP contribution >= 0.6 is 0 Å². The number of carbonyl (C=O) groups is 1. The molecule has 0 aromatic heterocycles. The minimum atomic E-state index is 0.0202. The highest BCUT2D eigenvalue weighted by atomic mass is 16.5. The van der Waals surface area contributed by atoms with Crippen LogP contribution in [0, 0.1) is 11.8 Å². The summed E-state index contributed by atoms with van der Waals surface area (Å²) >= 11 is 0. The summed E-state index contributed by atoms with van der Waals surface area (Å²) in [5, 5.41) is 3.31. The molecule has 3 atom stereocenters. The van der Waals surface area contributed by atoms with Crippen LogP contribution in [0.15, 0.2) is 0 Å². The van der Waals surface area contributed by atoms with Crippen LogP contribution < -0.4 is 5.32 Å². The topological polar surface area (TPSA) is 47.6 Å². The Labute approximate surface area is 97.7 Å². The Morgan fingerprint density at radius 3 is 2.94 bits per heavy atom. The van der Waals surface area contributed by atoms with Crippen LogP contribution in [-0.2, 0) is 14.3 Å². The van der Waals surface area contributed by atoms with E-state index < -0.39 is 0 Å². The number of ketones is 1. The van der Waals surface area contributed by atoms with Crippen molar-refractivity contribution >= 4 is 5.78 Å². The molecule has 94 valence electrons. The van der Waals surface area contributed by atoms with Crippen molar-refractivity contribution in [3.63, 3.8) is 0 Å². The molecule has 0 bridgehead atoms. The Bertz CT molecular complexity index is 220. The van der Waals surface area contributed by atoms with Gasteiger partial charge in [0.1, 0.15) is 5.78 Å². The maximum Gasteiger partial charge on any atom is 0.142 e. The van der Waals surface area contributed by atoms with Crippen molar-refractivity contribution in [2.75, 3.05) is 33.5 Å². The van der Waals surface area contributed by atoms with Crippen LogP contribution in [0.4, 0.5) is 0 Å². The third-order valence-electron chi connectivity index (χ3n) is 3.15. The monoisotopic (exact) mass is 229 g/mol. The lowest BCUT2D eigenvalue weighted by Gasteiger charge is -2.20. The Balaban J connectivity index is 2.45. The molecule has 1 N–H and O–H groups in total. The molecule has 1 heterocycles. The number of likely N-dealkylation sites (N-methyl/N-ethyl adjacent to an activating group) is 1. The van der Waals surface area contributed by atoms with Crippen molar-refractivity contribution in [1.82, 2.24) is 5.32 Å². The molecule has 1 aliphatic rings. The van der Waals surface area contributed by atoms with Crippen molar-refractivity contribution in [3.05, 3.63) is 0 Å². The van der Waals surface area contributed by atoms with Gasteiger partial charge >= 0.3 is 0 Å². The fourth-order valence-electron chi connectivity index (χ4n) is 2.10. The van der Waals surface area contributed by atoms with Crippen LogP contribution in [0.1, 0.15) is 20.3 Å². The number of Topliss-reactive ketones (excluding diaryl/α,β-unsaturated/α-hetero) is 1. The molecule has 1 aliphatic heterocycles. The molecule has 0 amide bonds. The first kappa shape index (κ1) is 13.6. The summed E-state index contributed by atoms with van der Waals surface area (Å²) in [5.41, 5.74) is 0. The molecule has 16 heavy (non-hydrogen) atoms. The van der Waals surface area contributed by atoms with E-state index in [0.717, 1.165) is 13.0 Å². The van der Waals surface area contributed by atoms with Gasteiger partial charge in [-0.05, 0) is 13.0 Å². The summed E-state index contributed by atoms with van der Waals surface area (Å²) in [6.45, 7) is 6.77. The molecule has 1 rings (SSSR count). The first-order chi connectivity index (χ1) is 7.70. The first-order valence-corrected chi connectivity index (χ1v) is 6.04. The van der Waals surface area contributed by atoms with Gasteiger partial charge < -0.3 is 14.8 Å². The molecule has 3 unspecified atom stereocenters. The Morgan fingerprint density at radius 2 is 2.31 bits per heavy atom. The van der Waals surface area contributed by atoms with Gasteiger partial charge in [-0.1, -0.05) is 13.8 Å². The van der Waals surface area contributed by atoms with Gasteiger partial charge in [-0.15, -0.1) is 0 Å². The van der Waals surface area contributed by atoms with E-state index in [1.807, 2.05) is 13.8 Å². The predicted molar refractivity (Wildman–Crippen MR) is 62.4 cm³/mol. The second-order valence-corrected chi connectivity index (χ2v) is 4.39. The second-order valence-electron chi connectivity index (χ2n) is 4.39. The van der Waals surface area contributed by atoms with Crippen LogP contribution in [0.5, 0.6) is 0 Å². The first-order valence-electron chi connectivity index (χ1n) is 6.04. The molecule has 0 aromatic rings. The number of hydrogen-bond acceptors (Lipinski definition) is 4. The van der Waals surface area contributed by atoms with Gasteiger partial charge in [0.2, 0.25) is 0 Å². The third-order valence-corrected chi connectivity index (χ3v) is 3.15. The van der Waals surface area contributed by atoms with E-state index in [1.165, 1.54) is 0 Å². The highest BCUT2D eigenvalue weighted by molar-refractivity contribution is 5.84. The lowest BCUT2D eigenvalue weighted by Crippen LogP contribution is -2.41. The number of rotatable bonds is 7. The number of ether oxygens (including phenoxy) is 2. The molecule has 4 nitrogen and oxygen atoms in total. The van der Waals surface area contributed by atoms with E-state index in [-0.39, 0.29) is 17.9 Å². The van der Waals surface area contributed by atoms with Gasteiger partial charge in [-0.3, -0.25) is 4.79 Å². The molecule has 4 heteroatoms. The van der Waals surface area contributed by atoms with Gasteiger partial charge in [0, 0.05) is 25.7 Å². The van der Waals surface area contributed by atoms with Crippen molar-refractivity contribution in [2.24, 2.45) is 11.8 Å². The molecule has 1 saturated heterocycles. The summed E-state index contributed by atoms with van der Waals surface area (Å²) in [7, 11) is 1.66. The SMILES string of the molecule is CCNC1COCC1C(=O)C(C)CCOC. The van der Waals surface area contributed by atoms with E-state index in [2.05, 4.69) is 5.32 Å². The highest BCUT2D eigenvalue weighted by Crippen LogP contribution is 2.20. The maximum atomic E-state index is 12.2. The molecule has 0 saturated carbocycles. The standard InChI is InChI=1S/C12H23NO3/c1-4-13-11-8-16-7-10(11)12(14)9(2)5-6-15-3/h9-11,13H,4-8H2,1-3H3. The summed E-state index contributed by atoms with van der Waals surface area (Å²) in [6.07, 6.45) is 0.796. The fraction of sp³-hybridized carbons (Fsp3) is 0.917. The molecule has 0 aliphatic carbocycles. The average Bonchev–Trinajstić information content (AvgIpc) is 2.73. The fourth-order valence-corrected chi connectivity index (χ4v) is 2.10. The van der Waals surface area contributed by atoms with Crippen molar-refractivity contribution in [1.29, 1.82) is 0 Å². The van der Waals surface area contributed by atoms with Gasteiger partial charge in [0.05, 0.1) is 19.1 Å². The zero-order chi connectivity index (χ0) is 12.0. The zero-order valence-corrected chi connectivity index (χ0v) is 10.5. The quantitative estimate of drug-likeness (QED) is 0.703. The van der Waals surface area contributed by atoms with Crippen molar-refractivity contribution in [2.45, 2.75) is 26.3 Å². The van der Waals surface area contributed by atoms with Crippen LogP contribution in [0.3, 0.4) is 0 Å². The third kappa shape index (κ3) is 3.54. The largest absolute Gasteiger partial charge is 0.385 e. The molecular weight excluding hydrogens is 206 g/mol. The smallest absolute Gasteiger partial charge is 0.142 e. The summed E-state index contributed by atoms with van der Waals surface area (Å²) in [6, 6.07) is 0.197. The molecule has 0 radical (unpaired) electrons. The van der Waals surface area contributed by atoms with Gasteiger partial charge in [0.25, 0.3) is 0 Å². The number of carbonyl (C=O) groups excluding carboxylic acids is 1. The van der Waals surface area contributed by atoms with Crippen LogP contribution in [0.25, 0.3) is 0 Å². The van der Waals surface area contributed by atoms with Gasteiger partial charge in [-0.25, -0.2) is 0 Å². The van der Waals surface area contributed by atoms with E-state index >= 15 is 0 Å². The van der Waals surface area contributed by atoms with Crippen LogP contribution in [-0.4, -0.2) is 45.3 Å². The maximum absolute atomic E-state index is 12.2. The minimum Gasteiger partial charge on any atom is -0.385 e. The Hall–Kier alpha value is -0.450. The van der Waals surface area contributed by atoms with E-state index in [4.69, 9.17) is 9.47 Å².